The average Bonchev–Trinajstić information content (AvgIpc) is 3.45. The number of aromatic amines is 1. The first kappa shape index (κ1) is 26.6. The highest BCUT2D eigenvalue weighted by Crippen LogP contribution is 2.30. The fourth-order valence-electron chi connectivity index (χ4n) is 3.89. The molecule has 3 aromatic rings. The van der Waals surface area contributed by atoms with Crippen LogP contribution in [0.5, 0.6) is 11.5 Å². The predicted octanol–water partition coefficient (Wildman–Crippen LogP) is 3.40. The van der Waals surface area contributed by atoms with Gasteiger partial charge in [-0.15, -0.1) is 0 Å². The maximum Gasteiger partial charge on any atom is 0.306 e. The Bertz CT molecular complexity index is 1150. The summed E-state index contributed by atoms with van der Waals surface area (Å²) in [5.41, 5.74) is 3.30. The standard InChI is InChI=1S/C20H27N3O4.C7H6O2/c1-13(2)27-19(25)9-8-18(22-12-24)20(26)21-11-10-15-14(3)23-17-7-5-4-6-16(15)17;1-2-4-7-6(3-1)8-5-9-7/h4-7,12-13,18,23H,8-11H2,1-3H3,(H,21,26)(H,22,24);1-4H,5H2/t18-;/m0./s1. The molecule has 0 saturated carbocycles. The highest BCUT2D eigenvalue weighted by molar-refractivity contribution is 5.85. The molecule has 3 N–H and O–H groups in total. The van der Waals surface area contributed by atoms with Crippen LogP contribution in [0, 0.1) is 6.92 Å². The van der Waals surface area contributed by atoms with E-state index < -0.39 is 6.04 Å². The molecular weight excluding hydrogens is 462 g/mol. The molecule has 2 aromatic carbocycles. The topological polar surface area (TPSA) is 119 Å². The molecule has 9 nitrogen and oxygen atoms in total. The number of para-hydroxylation sites is 3. The number of fused-ring (bicyclic) bond motifs is 2. The number of hydrogen-bond acceptors (Lipinski definition) is 6. The Hall–Kier alpha value is -4.01. The number of carbonyl (C=O) groups is 3. The molecule has 0 aliphatic carbocycles. The second-order valence-electron chi connectivity index (χ2n) is 8.58. The van der Waals surface area contributed by atoms with Crippen molar-refractivity contribution in [2.45, 2.75) is 52.2 Å². The van der Waals surface area contributed by atoms with E-state index in [4.69, 9.17) is 14.2 Å². The van der Waals surface area contributed by atoms with Gasteiger partial charge in [0.2, 0.25) is 19.1 Å². The Kier molecular flexibility index (Phi) is 9.73. The zero-order valence-electron chi connectivity index (χ0n) is 20.8. The molecule has 36 heavy (non-hydrogen) atoms. The van der Waals surface area contributed by atoms with E-state index in [2.05, 4.69) is 15.6 Å². The van der Waals surface area contributed by atoms with Crippen molar-refractivity contribution in [3.8, 4) is 11.5 Å². The molecule has 1 aromatic heterocycles. The first-order chi connectivity index (χ1) is 17.4. The van der Waals surface area contributed by atoms with E-state index in [1.807, 2.05) is 55.5 Å². The Morgan fingerprint density at radius 3 is 2.42 bits per heavy atom. The van der Waals surface area contributed by atoms with Gasteiger partial charge in [0.05, 0.1) is 6.10 Å². The largest absolute Gasteiger partial charge is 0.463 e. The van der Waals surface area contributed by atoms with Gasteiger partial charge < -0.3 is 29.8 Å². The second kappa shape index (κ2) is 13.2. The third-order valence-corrected chi connectivity index (χ3v) is 5.57. The SMILES string of the molecule is Cc1[nH]c2ccccc2c1CCNC(=O)[C@H](CCC(=O)OC(C)C)NC=O.c1ccc2c(c1)OCO2. The highest BCUT2D eigenvalue weighted by Gasteiger charge is 2.20. The summed E-state index contributed by atoms with van der Waals surface area (Å²) >= 11 is 0. The van der Waals surface area contributed by atoms with Crippen molar-refractivity contribution < 1.29 is 28.6 Å². The molecular formula is C27H33N3O6. The smallest absolute Gasteiger partial charge is 0.306 e. The van der Waals surface area contributed by atoms with Crippen molar-refractivity contribution in [3.05, 3.63) is 59.8 Å². The van der Waals surface area contributed by atoms with Gasteiger partial charge >= 0.3 is 5.97 Å². The third kappa shape index (κ3) is 7.49. The number of amides is 2. The number of rotatable bonds is 10. The molecule has 2 amide bonds. The van der Waals surface area contributed by atoms with Crippen molar-refractivity contribution in [3.63, 3.8) is 0 Å². The van der Waals surface area contributed by atoms with Gasteiger partial charge in [0.15, 0.2) is 11.5 Å². The van der Waals surface area contributed by atoms with Crippen LogP contribution in [0.4, 0.5) is 0 Å². The Morgan fingerprint density at radius 2 is 1.75 bits per heavy atom. The molecule has 9 heteroatoms. The number of aryl methyl sites for hydroxylation is 1. The second-order valence-corrected chi connectivity index (χ2v) is 8.58. The van der Waals surface area contributed by atoms with Crippen molar-refractivity contribution >= 4 is 29.2 Å². The van der Waals surface area contributed by atoms with Gasteiger partial charge in [0.1, 0.15) is 6.04 Å². The lowest BCUT2D eigenvalue weighted by atomic mass is 10.1. The van der Waals surface area contributed by atoms with E-state index in [0.29, 0.717) is 26.2 Å². The summed E-state index contributed by atoms with van der Waals surface area (Å²) < 4.78 is 15.2. The highest BCUT2D eigenvalue weighted by atomic mass is 16.7. The predicted molar refractivity (Wildman–Crippen MR) is 136 cm³/mol. The van der Waals surface area contributed by atoms with Gasteiger partial charge in [-0.1, -0.05) is 30.3 Å². The van der Waals surface area contributed by atoms with Gasteiger partial charge in [-0.05, 0) is 57.4 Å². The molecule has 0 saturated heterocycles. The summed E-state index contributed by atoms with van der Waals surface area (Å²) in [7, 11) is 0. The molecule has 0 unspecified atom stereocenters. The van der Waals surface area contributed by atoms with Crippen molar-refractivity contribution in [1.29, 1.82) is 0 Å². The van der Waals surface area contributed by atoms with E-state index in [9.17, 15) is 14.4 Å². The summed E-state index contributed by atoms with van der Waals surface area (Å²) in [6, 6.07) is 14.9. The fourth-order valence-corrected chi connectivity index (χ4v) is 3.89. The molecule has 0 bridgehead atoms. The number of nitrogens with one attached hydrogen (secondary N) is 3. The van der Waals surface area contributed by atoms with Crippen molar-refractivity contribution in [2.75, 3.05) is 13.3 Å². The number of hydrogen-bond donors (Lipinski definition) is 3. The first-order valence-corrected chi connectivity index (χ1v) is 12.0. The van der Waals surface area contributed by atoms with Crippen LogP contribution < -0.4 is 20.1 Å². The Balaban J connectivity index is 0.000000331. The number of carbonyl (C=O) groups excluding carboxylic acids is 3. The molecule has 0 spiro atoms. The minimum atomic E-state index is -0.758. The monoisotopic (exact) mass is 495 g/mol. The number of ether oxygens (including phenoxy) is 3. The van der Waals surface area contributed by atoms with E-state index in [0.717, 1.165) is 33.7 Å². The number of benzene rings is 2. The molecule has 1 atom stereocenters. The van der Waals surface area contributed by atoms with E-state index in [1.54, 1.807) is 13.8 Å². The van der Waals surface area contributed by atoms with Gasteiger partial charge in [0.25, 0.3) is 0 Å². The Morgan fingerprint density at radius 1 is 1.08 bits per heavy atom. The summed E-state index contributed by atoms with van der Waals surface area (Å²) in [5, 5.41) is 6.45. The summed E-state index contributed by atoms with van der Waals surface area (Å²) in [4.78, 5) is 38.1. The Labute approximate surface area is 210 Å². The van der Waals surface area contributed by atoms with Gasteiger partial charge in [-0.3, -0.25) is 14.4 Å². The third-order valence-electron chi connectivity index (χ3n) is 5.57. The van der Waals surface area contributed by atoms with E-state index in [-0.39, 0.29) is 30.8 Å². The van der Waals surface area contributed by atoms with Crippen LogP contribution in [0.1, 0.15) is 37.9 Å². The lowest BCUT2D eigenvalue weighted by Crippen LogP contribution is -2.44. The molecule has 1 aliphatic heterocycles. The minimum absolute atomic E-state index is 0.0681. The molecule has 192 valence electrons. The minimum Gasteiger partial charge on any atom is -0.463 e. The lowest BCUT2D eigenvalue weighted by molar-refractivity contribution is -0.147. The van der Waals surface area contributed by atoms with Gasteiger partial charge in [0, 0.05) is 29.6 Å². The number of H-pyrrole nitrogens is 1. The van der Waals surface area contributed by atoms with E-state index >= 15 is 0 Å². The molecule has 4 rings (SSSR count). The van der Waals surface area contributed by atoms with Crippen LogP contribution >= 0.6 is 0 Å². The quantitative estimate of drug-likeness (QED) is 0.293. The summed E-state index contributed by atoms with van der Waals surface area (Å²) in [6.45, 7) is 6.33. The van der Waals surface area contributed by atoms with Crippen molar-refractivity contribution in [1.82, 2.24) is 15.6 Å². The molecule has 1 aliphatic rings. The van der Waals surface area contributed by atoms with Crippen LogP contribution in [0.25, 0.3) is 10.9 Å². The number of aromatic nitrogens is 1. The van der Waals surface area contributed by atoms with Crippen molar-refractivity contribution in [2.24, 2.45) is 0 Å². The number of esters is 1. The summed E-state index contributed by atoms with van der Waals surface area (Å²) in [6.07, 6.45) is 1.20. The van der Waals surface area contributed by atoms with Crippen LogP contribution in [0.2, 0.25) is 0 Å². The van der Waals surface area contributed by atoms with Gasteiger partial charge in [-0.2, -0.15) is 0 Å². The van der Waals surface area contributed by atoms with Crippen LogP contribution in [-0.4, -0.2) is 48.8 Å². The molecule has 2 heterocycles. The first-order valence-electron chi connectivity index (χ1n) is 12.0. The van der Waals surface area contributed by atoms with Gasteiger partial charge in [-0.25, -0.2) is 0 Å². The maximum absolute atomic E-state index is 12.4. The van der Waals surface area contributed by atoms with Crippen LogP contribution in [-0.2, 0) is 25.5 Å². The van der Waals surface area contributed by atoms with E-state index in [1.165, 1.54) is 0 Å². The average molecular weight is 496 g/mol. The zero-order valence-corrected chi connectivity index (χ0v) is 20.8. The van der Waals surface area contributed by atoms with Crippen LogP contribution in [0.15, 0.2) is 48.5 Å². The fraction of sp³-hybridized carbons (Fsp3) is 0.370. The normalized spacial score (nSPS) is 12.4. The summed E-state index contributed by atoms with van der Waals surface area (Å²) in [5.74, 6) is 0.997. The maximum atomic E-state index is 12.4. The lowest BCUT2D eigenvalue weighted by Gasteiger charge is -2.16. The molecule has 0 radical (unpaired) electrons. The van der Waals surface area contributed by atoms with Crippen LogP contribution in [0.3, 0.4) is 0 Å². The molecule has 0 fully saturated rings. The zero-order chi connectivity index (χ0) is 25.9.